The van der Waals surface area contributed by atoms with Crippen molar-refractivity contribution in [3.8, 4) is 5.75 Å². The lowest BCUT2D eigenvalue weighted by Gasteiger charge is -2.12. The van der Waals surface area contributed by atoms with Crippen molar-refractivity contribution in [3.63, 3.8) is 0 Å². The van der Waals surface area contributed by atoms with E-state index in [4.69, 9.17) is 5.11 Å². The molecule has 1 rings (SSSR count). The van der Waals surface area contributed by atoms with Gasteiger partial charge in [-0.1, -0.05) is 12.1 Å². The molecule has 0 saturated heterocycles. The zero-order valence-corrected chi connectivity index (χ0v) is 8.68. The fourth-order valence-corrected chi connectivity index (χ4v) is 1.35. The van der Waals surface area contributed by atoms with Crippen LogP contribution in [0.15, 0.2) is 23.1 Å². The van der Waals surface area contributed by atoms with E-state index in [2.05, 4.69) is 17.4 Å². The lowest BCUT2D eigenvalue weighted by atomic mass is 10.1. The summed E-state index contributed by atoms with van der Waals surface area (Å²) in [6, 6.07) is 3.72. The number of thiol groups is 1. The average Bonchev–Trinajstić information content (AvgIpc) is 2.09. The second-order valence-electron chi connectivity index (χ2n) is 2.88. The zero-order chi connectivity index (χ0) is 12.3. The first-order valence-corrected chi connectivity index (χ1v) is 4.52. The molecule has 0 aliphatic carbocycles. The average molecular weight is 252 g/mol. The summed E-state index contributed by atoms with van der Waals surface area (Å²) in [4.78, 5) is 10.3. The molecule has 0 aliphatic rings. The predicted octanol–water partition coefficient (Wildman–Crippen LogP) is 2.50. The molecule has 1 aromatic carbocycles. The highest BCUT2D eigenvalue weighted by molar-refractivity contribution is 7.80. The third-order valence-electron chi connectivity index (χ3n) is 1.65. The van der Waals surface area contributed by atoms with Crippen molar-refractivity contribution < 1.29 is 27.8 Å². The Balaban J connectivity index is 2.99. The molecule has 7 heteroatoms. The molecule has 16 heavy (non-hydrogen) atoms. The van der Waals surface area contributed by atoms with Crippen molar-refractivity contribution in [2.24, 2.45) is 0 Å². The van der Waals surface area contributed by atoms with Crippen LogP contribution in [0.5, 0.6) is 5.75 Å². The number of ether oxygens (including phenoxy) is 1. The molecule has 1 N–H and O–H groups in total. The molecule has 0 saturated carbocycles. The quantitative estimate of drug-likeness (QED) is 0.812. The molecular weight excluding hydrogens is 245 g/mol. The Labute approximate surface area is 94.2 Å². The first-order valence-electron chi connectivity index (χ1n) is 4.08. The van der Waals surface area contributed by atoms with E-state index in [1.165, 1.54) is 12.1 Å². The third-order valence-corrected chi connectivity index (χ3v) is 2.16. The van der Waals surface area contributed by atoms with E-state index in [9.17, 15) is 18.0 Å². The van der Waals surface area contributed by atoms with Crippen LogP contribution in [0.2, 0.25) is 0 Å². The molecule has 0 aromatic heterocycles. The summed E-state index contributed by atoms with van der Waals surface area (Å²) in [7, 11) is 0. The van der Waals surface area contributed by atoms with Crippen molar-refractivity contribution in [2.75, 3.05) is 0 Å². The Morgan fingerprint density at radius 1 is 1.44 bits per heavy atom. The highest BCUT2D eigenvalue weighted by Crippen LogP contribution is 2.31. The Morgan fingerprint density at radius 3 is 2.56 bits per heavy atom. The number of carboxylic acid groups (broad SMARTS) is 1. The third kappa shape index (κ3) is 3.65. The van der Waals surface area contributed by atoms with Crippen LogP contribution in [0.4, 0.5) is 13.2 Å². The Hall–Kier alpha value is -1.37. The molecule has 0 heterocycles. The number of carbonyl (C=O) groups is 1. The molecule has 0 radical (unpaired) electrons. The smallest absolute Gasteiger partial charge is 0.481 e. The second-order valence-corrected chi connectivity index (χ2v) is 3.33. The van der Waals surface area contributed by atoms with Crippen LogP contribution >= 0.6 is 12.6 Å². The molecule has 1 aromatic rings. The summed E-state index contributed by atoms with van der Waals surface area (Å²) in [5.74, 6) is -1.66. The van der Waals surface area contributed by atoms with E-state index in [-0.39, 0.29) is 10.5 Å². The van der Waals surface area contributed by atoms with E-state index in [1.807, 2.05) is 0 Å². The van der Waals surface area contributed by atoms with Crippen molar-refractivity contribution >= 4 is 18.6 Å². The normalized spacial score (nSPS) is 11.2. The van der Waals surface area contributed by atoms with Gasteiger partial charge in [-0.25, -0.2) is 0 Å². The van der Waals surface area contributed by atoms with Gasteiger partial charge in [0.25, 0.3) is 0 Å². The van der Waals surface area contributed by atoms with Crippen LogP contribution in [-0.2, 0) is 11.2 Å². The molecule has 0 atom stereocenters. The van der Waals surface area contributed by atoms with Crippen molar-refractivity contribution in [1.82, 2.24) is 0 Å². The molecule has 3 nitrogen and oxygen atoms in total. The summed E-state index contributed by atoms with van der Waals surface area (Å²) in [6.45, 7) is 0. The lowest BCUT2D eigenvalue weighted by Crippen LogP contribution is -2.17. The van der Waals surface area contributed by atoms with Gasteiger partial charge in [-0.15, -0.1) is 25.8 Å². The van der Waals surface area contributed by atoms with Gasteiger partial charge in [0.2, 0.25) is 0 Å². The van der Waals surface area contributed by atoms with Gasteiger partial charge in [-0.2, -0.15) is 0 Å². The van der Waals surface area contributed by atoms with Gasteiger partial charge < -0.3 is 9.84 Å². The van der Waals surface area contributed by atoms with Gasteiger partial charge in [0.15, 0.2) is 0 Å². The number of carboxylic acids is 1. The van der Waals surface area contributed by atoms with Gasteiger partial charge in [-0.3, -0.25) is 4.79 Å². The minimum absolute atomic E-state index is 0.123. The summed E-state index contributed by atoms with van der Waals surface area (Å²) in [5.41, 5.74) is 0.164. The number of aliphatic carboxylic acids is 1. The van der Waals surface area contributed by atoms with Crippen LogP contribution in [0.25, 0.3) is 0 Å². The van der Waals surface area contributed by atoms with Gasteiger partial charge in [0, 0.05) is 0 Å². The van der Waals surface area contributed by atoms with Crippen LogP contribution in [0.1, 0.15) is 5.56 Å². The molecule has 0 spiro atoms. The Morgan fingerprint density at radius 2 is 2.06 bits per heavy atom. The molecular formula is C9H7F3O3S. The number of rotatable bonds is 3. The largest absolute Gasteiger partial charge is 0.573 e. The van der Waals surface area contributed by atoms with Crippen LogP contribution < -0.4 is 4.74 Å². The first-order chi connectivity index (χ1) is 7.29. The highest BCUT2D eigenvalue weighted by atomic mass is 32.1. The van der Waals surface area contributed by atoms with Gasteiger partial charge in [0.1, 0.15) is 5.75 Å². The number of alkyl halides is 3. The first kappa shape index (κ1) is 12.7. The van der Waals surface area contributed by atoms with E-state index in [0.29, 0.717) is 0 Å². The maximum absolute atomic E-state index is 11.9. The standard InChI is InChI=1S/C9H7F3O3S/c10-9(11,12)15-6-3-1-2-5(8(6)16)4-7(13)14/h1-3,16H,4H2,(H,13,14). The summed E-state index contributed by atoms with van der Waals surface area (Å²) in [5, 5.41) is 8.52. The molecule has 0 amide bonds. The maximum atomic E-state index is 11.9. The lowest BCUT2D eigenvalue weighted by molar-refractivity contribution is -0.275. The van der Waals surface area contributed by atoms with Crippen molar-refractivity contribution in [3.05, 3.63) is 23.8 Å². The minimum Gasteiger partial charge on any atom is -0.481 e. The van der Waals surface area contributed by atoms with E-state index in [0.717, 1.165) is 6.07 Å². The van der Waals surface area contributed by atoms with Crippen molar-refractivity contribution in [2.45, 2.75) is 17.7 Å². The van der Waals surface area contributed by atoms with Crippen LogP contribution in [0.3, 0.4) is 0 Å². The van der Waals surface area contributed by atoms with Gasteiger partial charge in [0.05, 0.1) is 11.3 Å². The Bertz CT molecular complexity index is 403. The Kier molecular flexibility index (Phi) is 3.69. The molecule has 0 fully saturated rings. The fourth-order valence-electron chi connectivity index (χ4n) is 1.08. The number of hydrogen-bond donors (Lipinski definition) is 2. The molecule has 0 aliphatic heterocycles. The van der Waals surface area contributed by atoms with Crippen LogP contribution in [0, 0.1) is 0 Å². The van der Waals surface area contributed by atoms with Gasteiger partial charge in [-0.05, 0) is 11.6 Å². The number of halogens is 3. The summed E-state index contributed by atoms with van der Waals surface area (Å²) >= 11 is 3.81. The highest BCUT2D eigenvalue weighted by Gasteiger charge is 2.32. The second kappa shape index (κ2) is 4.65. The van der Waals surface area contributed by atoms with E-state index >= 15 is 0 Å². The zero-order valence-electron chi connectivity index (χ0n) is 7.78. The monoisotopic (exact) mass is 252 g/mol. The molecule has 0 bridgehead atoms. The maximum Gasteiger partial charge on any atom is 0.573 e. The number of benzene rings is 1. The predicted molar refractivity (Wildman–Crippen MR) is 51.7 cm³/mol. The molecule has 0 unspecified atom stereocenters. The van der Waals surface area contributed by atoms with Crippen molar-refractivity contribution in [1.29, 1.82) is 0 Å². The van der Waals surface area contributed by atoms with E-state index in [1.54, 1.807) is 0 Å². The minimum atomic E-state index is -4.82. The summed E-state index contributed by atoms with van der Waals surface area (Å²) in [6.07, 6.45) is -5.23. The number of hydrogen-bond acceptors (Lipinski definition) is 3. The van der Waals surface area contributed by atoms with E-state index < -0.39 is 24.5 Å². The summed E-state index contributed by atoms with van der Waals surface area (Å²) < 4.78 is 39.5. The SMILES string of the molecule is O=C(O)Cc1cccc(OC(F)(F)F)c1S. The topological polar surface area (TPSA) is 46.5 Å². The van der Waals surface area contributed by atoms with Crippen LogP contribution in [-0.4, -0.2) is 17.4 Å². The van der Waals surface area contributed by atoms with Gasteiger partial charge >= 0.3 is 12.3 Å². The fraction of sp³-hybridized carbons (Fsp3) is 0.222. The molecule has 88 valence electrons.